The van der Waals surface area contributed by atoms with Gasteiger partial charge in [0.15, 0.2) is 5.17 Å². The largest absolute Gasteiger partial charge is 0.467 e. The molecule has 4 aromatic rings. The molecule has 0 N–H and O–H groups in total. The van der Waals surface area contributed by atoms with Crippen LogP contribution in [-0.2, 0) is 11.3 Å². The molecule has 2 aromatic heterocycles. The minimum atomic E-state index is -0.164. The van der Waals surface area contributed by atoms with Crippen molar-refractivity contribution in [2.75, 3.05) is 0 Å². The maximum absolute atomic E-state index is 13.1. The number of ether oxygens (including phenoxy) is 1. The van der Waals surface area contributed by atoms with Crippen LogP contribution in [0, 0.1) is 0 Å². The van der Waals surface area contributed by atoms with E-state index in [9.17, 15) is 4.79 Å². The van der Waals surface area contributed by atoms with Gasteiger partial charge in [0.25, 0.3) is 5.91 Å². The minimum absolute atomic E-state index is 0.164. The molecule has 35 heavy (non-hydrogen) atoms. The van der Waals surface area contributed by atoms with Gasteiger partial charge < -0.3 is 9.15 Å². The van der Waals surface area contributed by atoms with Gasteiger partial charge in [0.1, 0.15) is 17.3 Å². The number of amides is 1. The van der Waals surface area contributed by atoms with Crippen molar-refractivity contribution in [2.24, 2.45) is 10.2 Å². The summed E-state index contributed by atoms with van der Waals surface area (Å²) in [4.78, 5) is 19.3. The standard InChI is InChI=1S/C27H20N4O3S/c32-26-25(16-21-8-5-13-28-17-21)35-27(31(26)19-24-12-6-14-33-24)30-29-18-20-7-4-11-23(15-20)34-22-9-2-1-3-10-22/h1-18H,19H2/b25-16-,29-18-,30-27+. The predicted molar refractivity (Wildman–Crippen MR) is 137 cm³/mol. The van der Waals surface area contributed by atoms with E-state index in [4.69, 9.17) is 9.15 Å². The van der Waals surface area contributed by atoms with Gasteiger partial charge in [-0.05, 0) is 71.4 Å². The van der Waals surface area contributed by atoms with E-state index in [2.05, 4.69) is 15.2 Å². The monoisotopic (exact) mass is 480 g/mol. The maximum Gasteiger partial charge on any atom is 0.267 e. The molecule has 1 saturated heterocycles. The van der Waals surface area contributed by atoms with E-state index in [1.807, 2.05) is 72.8 Å². The summed E-state index contributed by atoms with van der Waals surface area (Å²) in [7, 11) is 0. The second-order valence-electron chi connectivity index (χ2n) is 7.48. The number of thioether (sulfide) groups is 1. The third-order valence-corrected chi connectivity index (χ3v) is 5.95. The molecule has 0 spiro atoms. The Bertz CT molecular complexity index is 1380. The van der Waals surface area contributed by atoms with Crippen molar-refractivity contribution in [2.45, 2.75) is 6.54 Å². The first-order valence-corrected chi connectivity index (χ1v) is 11.6. The van der Waals surface area contributed by atoms with Crippen LogP contribution in [0.1, 0.15) is 16.9 Å². The number of amidine groups is 1. The average Bonchev–Trinajstić information content (AvgIpc) is 3.50. The first-order valence-electron chi connectivity index (χ1n) is 10.8. The summed E-state index contributed by atoms with van der Waals surface area (Å²) < 4.78 is 11.3. The molecule has 0 saturated carbocycles. The normalized spacial score (nSPS) is 16.0. The molecule has 0 unspecified atom stereocenters. The maximum atomic E-state index is 13.1. The van der Waals surface area contributed by atoms with Crippen LogP contribution in [0.2, 0.25) is 0 Å². The van der Waals surface area contributed by atoms with Crippen molar-refractivity contribution >= 4 is 35.1 Å². The Labute approximate surface area is 206 Å². The Kier molecular flexibility index (Phi) is 6.82. The number of nitrogens with zero attached hydrogens (tertiary/aromatic N) is 4. The molecule has 0 radical (unpaired) electrons. The van der Waals surface area contributed by atoms with Gasteiger partial charge in [-0.3, -0.25) is 14.7 Å². The summed E-state index contributed by atoms with van der Waals surface area (Å²) in [6.07, 6.45) is 8.40. The Morgan fingerprint density at radius 1 is 0.971 bits per heavy atom. The van der Waals surface area contributed by atoms with Gasteiger partial charge in [-0.1, -0.05) is 36.4 Å². The summed E-state index contributed by atoms with van der Waals surface area (Å²) >= 11 is 1.26. The Balaban J connectivity index is 1.37. The highest BCUT2D eigenvalue weighted by atomic mass is 32.2. The van der Waals surface area contributed by atoms with Crippen molar-refractivity contribution in [1.82, 2.24) is 9.88 Å². The fourth-order valence-electron chi connectivity index (χ4n) is 3.32. The third kappa shape index (κ3) is 5.74. The van der Waals surface area contributed by atoms with Crippen molar-refractivity contribution in [3.05, 3.63) is 119 Å². The van der Waals surface area contributed by atoms with Crippen LogP contribution in [0.25, 0.3) is 6.08 Å². The lowest BCUT2D eigenvalue weighted by Gasteiger charge is -2.12. The van der Waals surface area contributed by atoms with E-state index in [1.54, 1.807) is 41.9 Å². The number of hydrogen-bond donors (Lipinski definition) is 0. The number of carbonyl (C=O) groups excluding carboxylic acids is 1. The number of hydrogen-bond acceptors (Lipinski definition) is 7. The molecule has 1 aliphatic heterocycles. The van der Waals surface area contributed by atoms with Crippen LogP contribution < -0.4 is 4.74 Å². The molecule has 1 aliphatic rings. The van der Waals surface area contributed by atoms with Crippen molar-refractivity contribution in [3.8, 4) is 11.5 Å². The fraction of sp³-hybridized carbons (Fsp3) is 0.0370. The highest BCUT2D eigenvalue weighted by Gasteiger charge is 2.34. The molecule has 1 amide bonds. The summed E-state index contributed by atoms with van der Waals surface area (Å²) in [6, 6.07) is 24.4. The van der Waals surface area contributed by atoms with Crippen molar-refractivity contribution in [3.63, 3.8) is 0 Å². The number of carbonyl (C=O) groups is 1. The Hall–Kier alpha value is -4.43. The lowest BCUT2D eigenvalue weighted by molar-refractivity contribution is -0.122. The second kappa shape index (κ2) is 10.7. The van der Waals surface area contributed by atoms with Crippen LogP contribution in [-0.4, -0.2) is 27.2 Å². The molecule has 1 fully saturated rings. The third-order valence-electron chi connectivity index (χ3n) is 4.95. The Morgan fingerprint density at radius 2 is 1.83 bits per heavy atom. The van der Waals surface area contributed by atoms with E-state index in [1.165, 1.54) is 11.8 Å². The van der Waals surface area contributed by atoms with Gasteiger partial charge in [0, 0.05) is 12.4 Å². The van der Waals surface area contributed by atoms with E-state index in [0.29, 0.717) is 21.6 Å². The topological polar surface area (TPSA) is 80.3 Å². The van der Waals surface area contributed by atoms with Crippen LogP contribution >= 0.6 is 11.8 Å². The number of aromatic nitrogens is 1. The number of benzene rings is 2. The number of furan rings is 1. The highest BCUT2D eigenvalue weighted by Crippen LogP contribution is 2.33. The molecule has 172 valence electrons. The van der Waals surface area contributed by atoms with Gasteiger partial charge in [-0.15, -0.1) is 5.10 Å². The second-order valence-corrected chi connectivity index (χ2v) is 8.49. The summed E-state index contributed by atoms with van der Waals surface area (Å²) in [5, 5.41) is 9.07. The molecule has 3 heterocycles. The highest BCUT2D eigenvalue weighted by molar-refractivity contribution is 8.18. The number of rotatable bonds is 7. The molecular formula is C27H20N4O3S. The van der Waals surface area contributed by atoms with Crippen molar-refractivity contribution in [1.29, 1.82) is 0 Å². The molecule has 0 bridgehead atoms. The fourth-order valence-corrected chi connectivity index (χ4v) is 4.26. The van der Waals surface area contributed by atoms with E-state index < -0.39 is 0 Å². The van der Waals surface area contributed by atoms with Crippen LogP contribution in [0.3, 0.4) is 0 Å². The van der Waals surface area contributed by atoms with Gasteiger partial charge >= 0.3 is 0 Å². The Morgan fingerprint density at radius 3 is 2.63 bits per heavy atom. The van der Waals surface area contributed by atoms with E-state index in [0.717, 1.165) is 16.9 Å². The molecule has 0 aliphatic carbocycles. The lowest BCUT2D eigenvalue weighted by Crippen LogP contribution is -2.28. The van der Waals surface area contributed by atoms with Crippen LogP contribution in [0.15, 0.2) is 117 Å². The zero-order valence-electron chi connectivity index (χ0n) is 18.5. The van der Waals surface area contributed by atoms with Crippen LogP contribution in [0.5, 0.6) is 11.5 Å². The summed E-state index contributed by atoms with van der Waals surface area (Å²) in [5.74, 6) is 1.94. The molecular weight excluding hydrogens is 460 g/mol. The van der Waals surface area contributed by atoms with E-state index in [-0.39, 0.29) is 12.5 Å². The van der Waals surface area contributed by atoms with Crippen LogP contribution in [0.4, 0.5) is 0 Å². The van der Waals surface area contributed by atoms with Gasteiger partial charge in [-0.2, -0.15) is 5.10 Å². The zero-order chi connectivity index (χ0) is 23.9. The van der Waals surface area contributed by atoms with Crippen molar-refractivity contribution < 1.29 is 13.9 Å². The summed E-state index contributed by atoms with van der Waals surface area (Å²) in [6.45, 7) is 0.262. The molecule has 8 heteroatoms. The van der Waals surface area contributed by atoms with Gasteiger partial charge in [0.2, 0.25) is 0 Å². The van der Waals surface area contributed by atoms with E-state index >= 15 is 0 Å². The number of pyridine rings is 1. The molecule has 7 nitrogen and oxygen atoms in total. The minimum Gasteiger partial charge on any atom is -0.467 e. The molecule has 5 rings (SSSR count). The quantitative estimate of drug-likeness (QED) is 0.185. The smallest absolute Gasteiger partial charge is 0.267 e. The average molecular weight is 481 g/mol. The molecule has 0 atom stereocenters. The van der Waals surface area contributed by atoms with Gasteiger partial charge in [-0.25, -0.2) is 0 Å². The predicted octanol–water partition coefficient (Wildman–Crippen LogP) is 5.97. The lowest BCUT2D eigenvalue weighted by atomic mass is 10.2. The zero-order valence-corrected chi connectivity index (χ0v) is 19.3. The SMILES string of the molecule is O=C1/C(=C/c2cccnc2)S/C(=N/N=C\c2cccc(Oc3ccccc3)c2)N1Cc1ccco1. The number of para-hydroxylation sites is 1. The first-order chi connectivity index (χ1) is 17.2. The first kappa shape index (κ1) is 22.4. The summed E-state index contributed by atoms with van der Waals surface area (Å²) in [5.41, 5.74) is 1.65. The molecule has 2 aromatic carbocycles. The van der Waals surface area contributed by atoms with Gasteiger partial charge in [0.05, 0.1) is 23.9 Å².